The molecule has 2 aliphatic rings. The maximum Gasteiger partial charge on any atom is 0.386 e. The van der Waals surface area contributed by atoms with Crippen molar-refractivity contribution in [2.24, 2.45) is 0 Å². The maximum atomic E-state index is 16.0. The third-order valence-electron chi connectivity index (χ3n) is 6.73. The minimum Gasteiger partial charge on any atom is -0.382 e. The van der Waals surface area contributed by atoms with E-state index in [2.05, 4.69) is 42.2 Å². The largest absolute Gasteiger partial charge is 0.386 e. The van der Waals surface area contributed by atoms with Gasteiger partial charge in [0.2, 0.25) is 11.7 Å². The van der Waals surface area contributed by atoms with Crippen LogP contribution in [0.15, 0.2) is 23.8 Å². The van der Waals surface area contributed by atoms with Gasteiger partial charge in [0.1, 0.15) is 43.4 Å². The summed E-state index contributed by atoms with van der Waals surface area (Å²) in [6.07, 6.45) is -5.68. The summed E-state index contributed by atoms with van der Waals surface area (Å²) in [5, 5.41) is 0. The van der Waals surface area contributed by atoms with Crippen LogP contribution < -0.4 is 21.6 Å². The Hall–Kier alpha value is -2.69. The lowest BCUT2D eigenvalue weighted by atomic mass is 10.1. The summed E-state index contributed by atoms with van der Waals surface area (Å²) in [6, 6.07) is 0. The quantitative estimate of drug-likeness (QED) is 0.0951. The smallest absolute Gasteiger partial charge is 0.382 e. The Balaban J connectivity index is 1.30. The predicted molar refractivity (Wildman–Crippen MR) is 156 cm³/mol. The molecule has 4 aromatic heterocycles. The van der Waals surface area contributed by atoms with Crippen LogP contribution >= 0.6 is 25.8 Å². The number of anilines is 2. The first-order valence-corrected chi connectivity index (χ1v) is 18.1. The van der Waals surface area contributed by atoms with E-state index >= 15 is 4.39 Å². The number of aromatic amines is 2. The number of fused-ring (bicyclic) bond motifs is 3. The number of thiol groups is 1. The molecule has 4 aromatic rings. The zero-order valence-electron chi connectivity index (χ0n) is 22.6. The first kappa shape index (κ1) is 32.3. The van der Waals surface area contributed by atoms with Crippen LogP contribution in [-0.4, -0.2) is 90.3 Å². The van der Waals surface area contributed by atoms with Gasteiger partial charge in [-0.3, -0.25) is 28.4 Å². The number of nitrogens with one attached hydrogen (secondary N) is 2. The molecule has 2 saturated heterocycles. The van der Waals surface area contributed by atoms with E-state index in [0.717, 1.165) is 6.33 Å². The summed E-state index contributed by atoms with van der Waals surface area (Å²) >= 11 is 9.09. The van der Waals surface area contributed by atoms with Crippen molar-refractivity contribution < 1.29 is 50.4 Å². The molecule has 0 aliphatic carbocycles. The highest BCUT2D eigenvalue weighted by atomic mass is 32.7. The molecule has 0 saturated carbocycles. The molecule has 0 radical (unpaired) electrons. The molecule has 25 heteroatoms. The van der Waals surface area contributed by atoms with Crippen molar-refractivity contribution in [3.8, 4) is 0 Å². The molecule has 0 amide bonds. The Bertz CT molecular complexity index is 1880. The van der Waals surface area contributed by atoms with Gasteiger partial charge in [-0.15, -0.1) is 0 Å². The lowest BCUT2D eigenvalue weighted by molar-refractivity contribution is -0.745. The summed E-state index contributed by atoms with van der Waals surface area (Å²) < 4.78 is 79.2. The first-order valence-electron chi connectivity index (χ1n) is 12.9. The standard InChI is InChI=1S/C20H24F2N10O9P2S2/c21-1-8-2-36-43(35,45)41-14-9(40-19(11(14)22)32-7-27-12-15(23)25-5-26-16(12)32)3-37-42(34,44)38-4-10(39-8)31-6-28-13-17(31)29-20(24)30-18(13)33/h5-11,14,19H,1-4H2,(H7,23,24,25,26,29,30,33,34,35,44,45)/p+1/t8-,9+,10+,11-,14+,19+,42?,43?/m0/s1. The van der Waals surface area contributed by atoms with Gasteiger partial charge in [0.15, 0.2) is 30.2 Å². The highest BCUT2D eigenvalue weighted by molar-refractivity contribution is 8.44. The minimum atomic E-state index is -4.44. The van der Waals surface area contributed by atoms with Gasteiger partial charge in [-0.2, -0.15) is 0 Å². The summed E-state index contributed by atoms with van der Waals surface area (Å²) in [5.41, 5.74) is 11.2. The molecular formula is C20H25F2N10O9P2S2+. The molecule has 19 nitrogen and oxygen atoms in total. The average molecular weight is 714 g/mol. The van der Waals surface area contributed by atoms with Gasteiger partial charge in [0, 0.05) is 0 Å². The van der Waals surface area contributed by atoms with Gasteiger partial charge in [-0.25, -0.2) is 32.9 Å². The molecule has 0 aromatic carbocycles. The number of hydrogen-bond acceptors (Lipinski definition) is 15. The van der Waals surface area contributed by atoms with E-state index in [4.69, 9.17) is 50.8 Å². The minimum absolute atomic E-state index is 0.00670. The van der Waals surface area contributed by atoms with Gasteiger partial charge in [-0.1, -0.05) is 17.2 Å². The van der Waals surface area contributed by atoms with Gasteiger partial charge < -0.3 is 34.9 Å². The van der Waals surface area contributed by atoms with Crippen molar-refractivity contribution in [1.29, 1.82) is 0 Å². The van der Waals surface area contributed by atoms with Crippen LogP contribution in [0.4, 0.5) is 20.5 Å². The van der Waals surface area contributed by atoms with Gasteiger partial charge in [0.05, 0.1) is 19.5 Å². The fourth-order valence-corrected chi connectivity index (χ4v) is 7.29. The Morgan fingerprint density at radius 2 is 1.98 bits per heavy atom. The Labute approximate surface area is 260 Å². The lowest BCUT2D eigenvalue weighted by Crippen LogP contribution is -2.46. The number of rotatable bonds is 3. The predicted octanol–water partition coefficient (Wildman–Crippen LogP) is 0.335. The molecule has 244 valence electrons. The zero-order chi connectivity index (χ0) is 32.1. The second-order valence-electron chi connectivity index (χ2n) is 9.68. The van der Waals surface area contributed by atoms with Crippen LogP contribution in [0.1, 0.15) is 12.5 Å². The van der Waals surface area contributed by atoms with Crippen LogP contribution in [0.25, 0.3) is 22.3 Å². The Kier molecular flexibility index (Phi) is 8.95. The van der Waals surface area contributed by atoms with Crippen molar-refractivity contribution in [2.45, 2.75) is 36.9 Å². The van der Waals surface area contributed by atoms with Crippen molar-refractivity contribution >= 4 is 71.7 Å². The van der Waals surface area contributed by atoms with E-state index in [-0.39, 0.29) is 34.1 Å². The Morgan fingerprint density at radius 1 is 1.20 bits per heavy atom. The molecule has 2 fully saturated rings. The van der Waals surface area contributed by atoms with E-state index < -0.39 is 82.5 Å². The molecule has 6 heterocycles. The number of ether oxygens (including phenoxy) is 2. The van der Waals surface area contributed by atoms with Crippen molar-refractivity contribution in [2.75, 3.05) is 38.0 Å². The molecule has 8 atom stereocenters. The monoisotopic (exact) mass is 713 g/mol. The van der Waals surface area contributed by atoms with Gasteiger partial charge in [-0.05, 0) is 11.8 Å². The molecule has 6 rings (SSSR count). The molecule has 0 bridgehead atoms. The normalized spacial score (nSPS) is 33.7. The number of alkyl halides is 2. The highest BCUT2D eigenvalue weighted by Crippen LogP contribution is 2.57. The number of halogens is 2. The van der Waals surface area contributed by atoms with Crippen molar-refractivity contribution in [3.05, 3.63) is 29.3 Å². The average Bonchev–Trinajstić information content (AvgIpc) is 3.68. The third kappa shape index (κ3) is 6.60. The fourth-order valence-electron chi connectivity index (χ4n) is 4.70. The van der Waals surface area contributed by atoms with Crippen molar-refractivity contribution in [1.82, 2.24) is 34.5 Å². The maximum absolute atomic E-state index is 16.0. The number of aromatic nitrogens is 8. The van der Waals surface area contributed by atoms with E-state index in [1.165, 1.54) is 21.8 Å². The summed E-state index contributed by atoms with van der Waals surface area (Å²) in [4.78, 5) is 44.3. The van der Waals surface area contributed by atoms with E-state index in [1.807, 2.05) is 0 Å². The lowest BCUT2D eigenvalue weighted by Gasteiger charge is -2.28. The summed E-state index contributed by atoms with van der Waals surface area (Å²) in [5.74, 6) is -0.191. The summed E-state index contributed by atoms with van der Waals surface area (Å²) in [6.45, 7) is -11.7. The number of nitrogens with two attached hydrogens (primary N) is 2. The topological polar surface area (TPSA) is 254 Å². The zero-order valence-corrected chi connectivity index (χ0v) is 26.1. The molecule has 2 unspecified atom stereocenters. The molecule has 45 heavy (non-hydrogen) atoms. The molecular weight excluding hydrogens is 688 g/mol. The van der Waals surface area contributed by atoms with Crippen molar-refractivity contribution in [3.63, 3.8) is 0 Å². The van der Waals surface area contributed by atoms with E-state index in [1.54, 1.807) is 0 Å². The molecule has 0 spiro atoms. The number of imidazole rings is 2. The molecule has 7 N–H and O–H groups in total. The molecule has 2 aliphatic heterocycles. The van der Waals surface area contributed by atoms with Crippen LogP contribution in [0.3, 0.4) is 0 Å². The number of H-pyrrole nitrogens is 2. The number of hydrogen-bond donors (Lipinski definition) is 6. The first-order chi connectivity index (χ1) is 21.4. The third-order valence-corrected chi connectivity index (χ3v) is 9.93. The number of nitrogen functional groups attached to an aromatic ring is 2. The van der Waals surface area contributed by atoms with E-state index in [9.17, 15) is 18.6 Å². The second-order valence-corrected chi connectivity index (χ2v) is 15.4. The van der Waals surface area contributed by atoms with Gasteiger partial charge >= 0.3 is 19.2 Å². The van der Waals surface area contributed by atoms with Crippen LogP contribution in [-0.2, 0) is 43.9 Å². The Morgan fingerprint density at radius 3 is 2.76 bits per heavy atom. The fraction of sp³-hybridized carbons (Fsp3) is 0.500. The summed E-state index contributed by atoms with van der Waals surface area (Å²) in [7, 11) is 0. The van der Waals surface area contributed by atoms with Crippen LogP contribution in [0.5, 0.6) is 0 Å². The number of nitrogens with zero attached hydrogens (tertiary/aromatic N) is 6. The van der Waals surface area contributed by atoms with Crippen LogP contribution in [0, 0.1) is 0 Å². The highest BCUT2D eigenvalue weighted by Gasteiger charge is 2.51. The van der Waals surface area contributed by atoms with Crippen LogP contribution in [0.2, 0.25) is 0 Å². The second kappa shape index (κ2) is 12.5. The SMILES string of the molecule is Nc1nc2c([nH]c[n+]2[C@H]2COP(O)(=S)OC[C@H]3O[C@@H](n4cnc5c(N)ncnc54)[C@@H](F)[C@@H]3OP(=O)(S)OC[C@H](CF)O2)c(=O)[nH]1. The van der Waals surface area contributed by atoms with E-state index in [0.29, 0.717) is 0 Å². The van der Waals surface area contributed by atoms with Gasteiger partial charge in [0.25, 0.3) is 11.5 Å².